The van der Waals surface area contributed by atoms with E-state index in [0.29, 0.717) is 6.04 Å². The summed E-state index contributed by atoms with van der Waals surface area (Å²) in [6, 6.07) is 0.655. The van der Waals surface area contributed by atoms with Crippen LogP contribution in [0.5, 0.6) is 0 Å². The maximum absolute atomic E-state index is 10.8. The fourth-order valence-corrected chi connectivity index (χ4v) is 2.28. The molecule has 1 amide bonds. The summed E-state index contributed by atoms with van der Waals surface area (Å²) in [5, 5.41) is 6.32. The van der Waals surface area contributed by atoms with Crippen LogP contribution < -0.4 is 10.6 Å². The lowest BCUT2D eigenvalue weighted by Gasteiger charge is -2.34. The van der Waals surface area contributed by atoms with E-state index >= 15 is 0 Å². The summed E-state index contributed by atoms with van der Waals surface area (Å²) in [4.78, 5) is 13.3. The van der Waals surface area contributed by atoms with Crippen LogP contribution in [0.4, 0.5) is 0 Å². The number of piperidine rings is 1. The summed E-state index contributed by atoms with van der Waals surface area (Å²) in [6.45, 7) is 8.91. The van der Waals surface area contributed by atoms with Gasteiger partial charge in [0, 0.05) is 32.6 Å². The summed E-state index contributed by atoms with van der Waals surface area (Å²) in [6.07, 6.45) is 3.73. The summed E-state index contributed by atoms with van der Waals surface area (Å²) in [5.41, 5.74) is 0. The van der Waals surface area contributed by atoms with Crippen LogP contribution in [0.25, 0.3) is 0 Å². The number of hydrogen-bond acceptors (Lipinski definition) is 3. The molecule has 94 valence electrons. The van der Waals surface area contributed by atoms with E-state index in [9.17, 15) is 4.79 Å². The quantitative estimate of drug-likeness (QED) is 0.698. The lowest BCUT2D eigenvalue weighted by atomic mass is 10.1. The molecule has 2 N–H and O–H groups in total. The van der Waals surface area contributed by atoms with Crippen molar-refractivity contribution in [2.45, 2.75) is 39.2 Å². The van der Waals surface area contributed by atoms with E-state index in [-0.39, 0.29) is 5.91 Å². The van der Waals surface area contributed by atoms with Gasteiger partial charge in [-0.3, -0.25) is 9.69 Å². The Kier molecular flexibility index (Phi) is 6.42. The van der Waals surface area contributed by atoms with E-state index < -0.39 is 0 Å². The lowest BCUT2D eigenvalue weighted by Crippen LogP contribution is -2.48. The molecule has 1 unspecified atom stereocenters. The van der Waals surface area contributed by atoms with Crippen molar-refractivity contribution in [3.05, 3.63) is 0 Å². The topological polar surface area (TPSA) is 44.4 Å². The molecule has 0 spiro atoms. The molecular weight excluding hydrogens is 202 g/mol. The van der Waals surface area contributed by atoms with Gasteiger partial charge in [-0.05, 0) is 32.4 Å². The molecule has 4 nitrogen and oxygen atoms in total. The van der Waals surface area contributed by atoms with E-state index in [4.69, 9.17) is 0 Å². The van der Waals surface area contributed by atoms with Crippen LogP contribution >= 0.6 is 0 Å². The van der Waals surface area contributed by atoms with E-state index in [0.717, 1.165) is 32.7 Å². The van der Waals surface area contributed by atoms with Crippen LogP contribution in [-0.4, -0.2) is 49.6 Å². The number of rotatable bonds is 6. The van der Waals surface area contributed by atoms with Gasteiger partial charge in [0.25, 0.3) is 0 Å². The van der Waals surface area contributed by atoms with E-state index in [1.165, 1.54) is 19.3 Å². The Balaban J connectivity index is 2.30. The number of amides is 1. The molecule has 1 fully saturated rings. The predicted octanol–water partition coefficient (Wildman–Crippen LogP) is 0.587. The number of hydrogen-bond donors (Lipinski definition) is 2. The fourth-order valence-electron chi connectivity index (χ4n) is 2.28. The van der Waals surface area contributed by atoms with Crippen LogP contribution in [0.1, 0.15) is 33.1 Å². The third-order valence-electron chi connectivity index (χ3n) is 3.07. The number of carbonyl (C=O) groups is 1. The van der Waals surface area contributed by atoms with Crippen LogP contribution in [0.2, 0.25) is 0 Å². The molecule has 0 saturated carbocycles. The van der Waals surface area contributed by atoms with Gasteiger partial charge < -0.3 is 10.6 Å². The Bertz CT molecular complexity index is 202. The van der Waals surface area contributed by atoms with Crippen LogP contribution in [-0.2, 0) is 4.79 Å². The molecule has 0 aromatic rings. The SMILES string of the molecule is CCCN(CCNC(C)=O)C1CCCNC1. The Morgan fingerprint density at radius 3 is 2.88 bits per heavy atom. The smallest absolute Gasteiger partial charge is 0.216 e. The highest BCUT2D eigenvalue weighted by Gasteiger charge is 2.19. The van der Waals surface area contributed by atoms with Crippen molar-refractivity contribution in [1.29, 1.82) is 0 Å². The first-order valence-electron chi connectivity index (χ1n) is 6.43. The van der Waals surface area contributed by atoms with Gasteiger partial charge in [0.2, 0.25) is 5.91 Å². The first-order valence-corrected chi connectivity index (χ1v) is 6.43. The second kappa shape index (κ2) is 7.63. The van der Waals surface area contributed by atoms with Crippen LogP contribution in [0, 0.1) is 0 Å². The molecule has 1 aliphatic heterocycles. The molecule has 1 aliphatic rings. The molecule has 0 radical (unpaired) electrons. The number of carbonyl (C=O) groups excluding carboxylic acids is 1. The molecule has 0 bridgehead atoms. The zero-order chi connectivity index (χ0) is 11.8. The highest BCUT2D eigenvalue weighted by atomic mass is 16.1. The first kappa shape index (κ1) is 13.5. The number of nitrogens with zero attached hydrogens (tertiary/aromatic N) is 1. The summed E-state index contributed by atoms with van der Waals surface area (Å²) in [5.74, 6) is 0.0678. The van der Waals surface area contributed by atoms with Crippen molar-refractivity contribution in [3.8, 4) is 0 Å². The minimum absolute atomic E-state index is 0.0678. The van der Waals surface area contributed by atoms with Crippen molar-refractivity contribution >= 4 is 5.91 Å². The first-order chi connectivity index (χ1) is 7.74. The van der Waals surface area contributed by atoms with Gasteiger partial charge >= 0.3 is 0 Å². The van der Waals surface area contributed by atoms with Crippen molar-refractivity contribution in [3.63, 3.8) is 0 Å². The molecule has 0 aromatic carbocycles. The number of nitrogens with one attached hydrogen (secondary N) is 2. The molecule has 1 heterocycles. The van der Waals surface area contributed by atoms with Crippen molar-refractivity contribution in [2.24, 2.45) is 0 Å². The highest BCUT2D eigenvalue weighted by Crippen LogP contribution is 2.10. The molecule has 1 saturated heterocycles. The standard InChI is InChI=1S/C12H25N3O/c1-3-8-15(9-7-14-11(2)16)12-5-4-6-13-10-12/h12-13H,3-10H2,1-2H3,(H,14,16). The molecule has 4 heteroatoms. The van der Waals surface area contributed by atoms with Gasteiger partial charge in [0.15, 0.2) is 0 Å². The Morgan fingerprint density at radius 1 is 1.50 bits per heavy atom. The minimum Gasteiger partial charge on any atom is -0.355 e. The lowest BCUT2D eigenvalue weighted by molar-refractivity contribution is -0.119. The summed E-state index contributed by atoms with van der Waals surface area (Å²) < 4.78 is 0. The molecule has 1 atom stereocenters. The average Bonchev–Trinajstić information content (AvgIpc) is 2.29. The van der Waals surface area contributed by atoms with Crippen LogP contribution in [0.3, 0.4) is 0 Å². The van der Waals surface area contributed by atoms with Crippen molar-refractivity contribution in [2.75, 3.05) is 32.7 Å². The minimum atomic E-state index is 0.0678. The second-order valence-corrected chi connectivity index (χ2v) is 4.52. The Hall–Kier alpha value is -0.610. The zero-order valence-corrected chi connectivity index (χ0v) is 10.6. The van der Waals surface area contributed by atoms with Crippen LogP contribution in [0.15, 0.2) is 0 Å². The largest absolute Gasteiger partial charge is 0.355 e. The van der Waals surface area contributed by atoms with E-state index in [1.807, 2.05) is 0 Å². The third-order valence-corrected chi connectivity index (χ3v) is 3.07. The molecule has 0 aliphatic carbocycles. The van der Waals surface area contributed by atoms with Crippen molar-refractivity contribution < 1.29 is 4.79 Å². The van der Waals surface area contributed by atoms with Gasteiger partial charge in [0.05, 0.1) is 0 Å². The van der Waals surface area contributed by atoms with Gasteiger partial charge in [-0.15, -0.1) is 0 Å². The van der Waals surface area contributed by atoms with Gasteiger partial charge in [-0.1, -0.05) is 6.92 Å². The van der Waals surface area contributed by atoms with Gasteiger partial charge in [0.1, 0.15) is 0 Å². The fraction of sp³-hybridized carbons (Fsp3) is 0.917. The predicted molar refractivity (Wildman–Crippen MR) is 66.4 cm³/mol. The zero-order valence-electron chi connectivity index (χ0n) is 10.6. The van der Waals surface area contributed by atoms with E-state index in [2.05, 4.69) is 22.5 Å². The van der Waals surface area contributed by atoms with Gasteiger partial charge in [-0.2, -0.15) is 0 Å². The van der Waals surface area contributed by atoms with E-state index in [1.54, 1.807) is 6.92 Å². The molecular formula is C12H25N3O. The second-order valence-electron chi connectivity index (χ2n) is 4.52. The third kappa shape index (κ3) is 4.94. The summed E-state index contributed by atoms with van der Waals surface area (Å²) >= 11 is 0. The Labute approximate surface area is 98.8 Å². The molecule has 1 rings (SSSR count). The average molecular weight is 227 g/mol. The van der Waals surface area contributed by atoms with Gasteiger partial charge in [-0.25, -0.2) is 0 Å². The monoisotopic (exact) mass is 227 g/mol. The highest BCUT2D eigenvalue weighted by molar-refractivity contribution is 5.72. The molecule has 16 heavy (non-hydrogen) atoms. The Morgan fingerprint density at radius 2 is 2.31 bits per heavy atom. The summed E-state index contributed by atoms with van der Waals surface area (Å²) in [7, 11) is 0. The molecule has 0 aromatic heterocycles. The maximum atomic E-state index is 10.8. The van der Waals surface area contributed by atoms with Crippen molar-refractivity contribution in [1.82, 2.24) is 15.5 Å². The maximum Gasteiger partial charge on any atom is 0.216 e. The normalized spacial score (nSPS) is 21.1.